The number of hydrogen-bond acceptors (Lipinski definition) is 3. The molecule has 1 aliphatic heterocycles. The first-order chi connectivity index (χ1) is 10.6. The molecular weight excluding hydrogens is 272 g/mol. The molecule has 0 aliphatic carbocycles. The molecular formula is C19H22N2O. The third-order valence-electron chi connectivity index (χ3n) is 4.44. The van der Waals surface area contributed by atoms with Gasteiger partial charge in [0.2, 0.25) is 0 Å². The number of para-hydroxylation sites is 1. The molecule has 1 atom stereocenters. The second kappa shape index (κ2) is 5.93. The molecule has 114 valence electrons. The Labute approximate surface area is 131 Å². The molecule has 22 heavy (non-hydrogen) atoms. The third-order valence-corrected chi connectivity index (χ3v) is 4.44. The predicted octanol–water partition coefficient (Wildman–Crippen LogP) is 4.31. The van der Waals surface area contributed by atoms with E-state index in [4.69, 9.17) is 4.99 Å². The number of benzene rings is 2. The molecule has 2 aromatic carbocycles. The van der Waals surface area contributed by atoms with E-state index < -0.39 is 5.54 Å². The molecule has 0 saturated carbocycles. The highest BCUT2D eigenvalue weighted by molar-refractivity contribution is 6.01. The first kappa shape index (κ1) is 14.8. The number of anilines is 1. The van der Waals surface area contributed by atoms with Gasteiger partial charge in [0.15, 0.2) is 0 Å². The average molecular weight is 294 g/mol. The second-order valence-electron chi connectivity index (χ2n) is 6.30. The van der Waals surface area contributed by atoms with Crippen molar-refractivity contribution < 1.29 is 5.21 Å². The maximum atomic E-state index is 10.6. The van der Waals surface area contributed by atoms with E-state index in [0.29, 0.717) is 0 Å². The first-order valence-electron chi connectivity index (χ1n) is 7.75. The normalized spacial score (nSPS) is 18.1. The van der Waals surface area contributed by atoms with Crippen molar-refractivity contribution in [2.45, 2.75) is 38.3 Å². The fourth-order valence-corrected chi connectivity index (χ4v) is 2.99. The van der Waals surface area contributed by atoms with E-state index in [1.54, 1.807) is 0 Å². The van der Waals surface area contributed by atoms with E-state index in [1.807, 2.05) is 62.4 Å². The summed E-state index contributed by atoms with van der Waals surface area (Å²) in [5.41, 5.74) is 2.68. The van der Waals surface area contributed by atoms with E-state index in [1.165, 1.54) is 10.6 Å². The van der Waals surface area contributed by atoms with Gasteiger partial charge in [0.25, 0.3) is 0 Å². The highest BCUT2D eigenvalue weighted by Crippen LogP contribution is 2.32. The average Bonchev–Trinajstić information content (AvgIpc) is 3.06. The third kappa shape index (κ3) is 2.77. The van der Waals surface area contributed by atoms with Gasteiger partial charge in [0, 0.05) is 5.71 Å². The molecule has 0 spiro atoms. The topological polar surface area (TPSA) is 35.8 Å². The molecule has 3 nitrogen and oxygen atoms in total. The Bertz CT molecular complexity index is 650. The quantitative estimate of drug-likeness (QED) is 0.853. The zero-order valence-electron chi connectivity index (χ0n) is 13.1. The Morgan fingerprint density at radius 2 is 1.59 bits per heavy atom. The first-order valence-corrected chi connectivity index (χ1v) is 7.75. The van der Waals surface area contributed by atoms with E-state index >= 15 is 0 Å². The van der Waals surface area contributed by atoms with Crippen LogP contribution in [-0.4, -0.2) is 22.5 Å². The minimum absolute atomic E-state index is 0.0768. The van der Waals surface area contributed by atoms with Gasteiger partial charge in [0.05, 0.1) is 17.3 Å². The van der Waals surface area contributed by atoms with Crippen molar-refractivity contribution in [3.05, 3.63) is 66.2 Å². The smallest absolute Gasteiger partial charge is 0.0838 e. The monoisotopic (exact) mass is 294 g/mol. The number of nitrogens with zero attached hydrogens (tertiary/aromatic N) is 2. The SMILES string of the molecule is CC(C)(C1CCC(c2ccccc2)=N1)N(O)c1ccccc1. The van der Waals surface area contributed by atoms with Crippen molar-refractivity contribution in [3.8, 4) is 0 Å². The summed E-state index contributed by atoms with van der Waals surface area (Å²) in [4.78, 5) is 4.89. The standard InChI is InChI=1S/C19H22N2O/c1-19(2,21(22)16-11-7-4-8-12-16)18-14-13-17(20-18)15-9-5-3-6-10-15/h3-12,18,22H,13-14H2,1-2H3. The van der Waals surface area contributed by atoms with Crippen LogP contribution in [0, 0.1) is 0 Å². The van der Waals surface area contributed by atoms with Crippen molar-refractivity contribution >= 4 is 11.4 Å². The summed E-state index contributed by atoms with van der Waals surface area (Å²) >= 11 is 0. The lowest BCUT2D eigenvalue weighted by atomic mass is 9.92. The maximum Gasteiger partial charge on any atom is 0.0838 e. The summed E-state index contributed by atoms with van der Waals surface area (Å²) in [5, 5.41) is 12.0. The molecule has 3 heteroatoms. The number of hydroxylamine groups is 1. The summed E-state index contributed by atoms with van der Waals surface area (Å²) in [5.74, 6) is 0. The molecule has 1 aliphatic rings. The number of hydrogen-bond donors (Lipinski definition) is 1. The van der Waals surface area contributed by atoms with Crippen LogP contribution in [0.4, 0.5) is 5.69 Å². The fraction of sp³-hybridized carbons (Fsp3) is 0.316. The van der Waals surface area contributed by atoms with Crippen molar-refractivity contribution in [1.82, 2.24) is 0 Å². The largest absolute Gasteiger partial charge is 0.288 e. The zero-order valence-corrected chi connectivity index (χ0v) is 13.1. The second-order valence-corrected chi connectivity index (χ2v) is 6.30. The van der Waals surface area contributed by atoms with Gasteiger partial charge in [-0.2, -0.15) is 0 Å². The number of aliphatic imine (C=N–C) groups is 1. The molecule has 0 radical (unpaired) electrons. The van der Waals surface area contributed by atoms with Gasteiger partial charge in [0.1, 0.15) is 0 Å². The Balaban J connectivity index is 1.83. The van der Waals surface area contributed by atoms with E-state index in [-0.39, 0.29) is 6.04 Å². The lowest BCUT2D eigenvalue weighted by Gasteiger charge is -2.38. The minimum Gasteiger partial charge on any atom is -0.288 e. The summed E-state index contributed by atoms with van der Waals surface area (Å²) in [7, 11) is 0. The van der Waals surface area contributed by atoms with Crippen molar-refractivity contribution in [2.24, 2.45) is 4.99 Å². The number of rotatable bonds is 4. The van der Waals surface area contributed by atoms with Gasteiger partial charge in [-0.1, -0.05) is 48.5 Å². The Morgan fingerprint density at radius 3 is 2.23 bits per heavy atom. The lowest BCUT2D eigenvalue weighted by Crippen LogP contribution is -2.49. The highest BCUT2D eigenvalue weighted by Gasteiger charge is 2.38. The molecule has 1 heterocycles. The van der Waals surface area contributed by atoms with Gasteiger partial charge >= 0.3 is 0 Å². The van der Waals surface area contributed by atoms with Crippen LogP contribution in [0.1, 0.15) is 32.3 Å². The maximum absolute atomic E-state index is 10.6. The molecule has 1 unspecified atom stereocenters. The molecule has 0 bridgehead atoms. The highest BCUT2D eigenvalue weighted by atomic mass is 16.5. The van der Waals surface area contributed by atoms with Crippen LogP contribution in [0.3, 0.4) is 0 Å². The summed E-state index contributed by atoms with van der Waals surface area (Å²) < 4.78 is 0. The summed E-state index contributed by atoms with van der Waals surface area (Å²) in [6, 6.07) is 20.0. The Morgan fingerprint density at radius 1 is 1.00 bits per heavy atom. The van der Waals surface area contributed by atoms with Gasteiger partial charge < -0.3 is 0 Å². The molecule has 0 saturated heterocycles. The van der Waals surface area contributed by atoms with Gasteiger partial charge in [-0.15, -0.1) is 0 Å². The van der Waals surface area contributed by atoms with Crippen LogP contribution < -0.4 is 5.06 Å². The van der Waals surface area contributed by atoms with Crippen LogP contribution in [-0.2, 0) is 0 Å². The van der Waals surface area contributed by atoms with E-state index in [2.05, 4.69) is 12.1 Å². The van der Waals surface area contributed by atoms with Gasteiger partial charge in [-0.25, -0.2) is 5.06 Å². The molecule has 3 rings (SSSR count). The molecule has 0 fully saturated rings. The van der Waals surface area contributed by atoms with Gasteiger partial charge in [-0.3, -0.25) is 10.2 Å². The van der Waals surface area contributed by atoms with Crippen molar-refractivity contribution in [2.75, 3.05) is 5.06 Å². The molecule has 2 aromatic rings. The van der Waals surface area contributed by atoms with Crippen molar-refractivity contribution in [1.29, 1.82) is 0 Å². The van der Waals surface area contributed by atoms with Crippen LogP contribution >= 0.6 is 0 Å². The minimum atomic E-state index is -0.447. The Hall–Kier alpha value is -2.13. The Kier molecular flexibility index (Phi) is 3.99. The summed E-state index contributed by atoms with van der Waals surface area (Å²) in [6.45, 7) is 4.09. The van der Waals surface area contributed by atoms with Crippen LogP contribution in [0.15, 0.2) is 65.7 Å². The van der Waals surface area contributed by atoms with E-state index in [9.17, 15) is 5.21 Å². The fourth-order valence-electron chi connectivity index (χ4n) is 2.99. The summed E-state index contributed by atoms with van der Waals surface area (Å²) in [6.07, 6.45) is 1.92. The lowest BCUT2D eigenvalue weighted by molar-refractivity contribution is 0.151. The molecule has 0 aromatic heterocycles. The zero-order chi connectivity index (χ0) is 15.6. The predicted molar refractivity (Wildman–Crippen MR) is 90.8 cm³/mol. The van der Waals surface area contributed by atoms with Crippen molar-refractivity contribution in [3.63, 3.8) is 0 Å². The van der Waals surface area contributed by atoms with Crippen LogP contribution in [0.2, 0.25) is 0 Å². The van der Waals surface area contributed by atoms with E-state index in [0.717, 1.165) is 24.2 Å². The van der Waals surface area contributed by atoms with Crippen LogP contribution in [0.5, 0.6) is 0 Å². The van der Waals surface area contributed by atoms with Gasteiger partial charge in [-0.05, 0) is 44.4 Å². The molecule has 1 N–H and O–H groups in total. The van der Waals surface area contributed by atoms with Crippen LogP contribution in [0.25, 0.3) is 0 Å². The molecule has 0 amide bonds.